The summed E-state index contributed by atoms with van der Waals surface area (Å²) in [6, 6.07) is 8.22. The van der Waals surface area contributed by atoms with Crippen LogP contribution in [-0.2, 0) is 6.54 Å². The van der Waals surface area contributed by atoms with Crippen molar-refractivity contribution in [3.05, 3.63) is 59.7 Å². The Morgan fingerprint density at radius 3 is 2.79 bits per heavy atom. The fraction of sp³-hybridized carbons (Fsp3) is 0.240. The minimum absolute atomic E-state index is 0.138. The molecule has 1 aromatic carbocycles. The summed E-state index contributed by atoms with van der Waals surface area (Å²) >= 11 is 0. The van der Waals surface area contributed by atoms with Gasteiger partial charge in [0.1, 0.15) is 23.0 Å². The predicted molar refractivity (Wildman–Crippen MR) is 148 cm³/mol. The summed E-state index contributed by atoms with van der Waals surface area (Å²) in [5, 5.41) is 13.3. The van der Waals surface area contributed by atoms with Crippen LogP contribution in [0.25, 0.3) is 16.8 Å². The molecule has 0 saturated heterocycles. The van der Waals surface area contributed by atoms with Gasteiger partial charge in [0.25, 0.3) is 14.9 Å². The second-order valence-corrected chi connectivity index (χ2v) is 11.4. The Bertz CT molecular complexity index is 1560. The van der Waals surface area contributed by atoms with E-state index in [0.29, 0.717) is 46.8 Å². The summed E-state index contributed by atoms with van der Waals surface area (Å²) in [6.07, 6.45) is 2.84. The lowest BCUT2D eigenvalue weighted by Gasteiger charge is -2.18. The minimum atomic E-state index is -1.94. The molecule has 1 aliphatic heterocycles. The molecule has 1 atom stereocenters. The van der Waals surface area contributed by atoms with Crippen LogP contribution in [0, 0.1) is 5.82 Å². The zero-order chi connectivity index (χ0) is 27.7. The molecule has 0 saturated carbocycles. The molecule has 5 rings (SSSR count). The zero-order valence-electron chi connectivity index (χ0n) is 21.7. The first-order valence-electron chi connectivity index (χ1n) is 12.4. The summed E-state index contributed by atoms with van der Waals surface area (Å²) in [4.78, 5) is 35.6. The van der Waals surface area contributed by atoms with Crippen molar-refractivity contribution in [1.29, 1.82) is 0 Å². The summed E-state index contributed by atoms with van der Waals surface area (Å²) in [6.45, 7) is 4.50. The average molecular weight is 550 g/mol. The van der Waals surface area contributed by atoms with Crippen LogP contribution >= 0.6 is 0 Å². The highest BCUT2D eigenvalue weighted by Gasteiger charge is 2.24. The Balaban J connectivity index is 1.59. The highest BCUT2D eigenvalue weighted by molar-refractivity contribution is 6.51. The number of nitrogen functional groups attached to an aromatic ring is 1. The molecule has 12 nitrogen and oxygen atoms in total. The smallest absolute Gasteiger partial charge is 0.321 e. The lowest BCUT2D eigenvalue weighted by atomic mass is 10.1. The van der Waals surface area contributed by atoms with Crippen LogP contribution in [0.5, 0.6) is 5.88 Å². The molecule has 202 valence electrons. The number of amides is 3. The van der Waals surface area contributed by atoms with Crippen molar-refractivity contribution < 1.29 is 18.4 Å². The van der Waals surface area contributed by atoms with Crippen molar-refractivity contribution in [1.82, 2.24) is 29.8 Å². The molecule has 2 bridgehead atoms. The Kier molecular flexibility index (Phi) is 7.02. The van der Waals surface area contributed by atoms with Crippen molar-refractivity contribution in [2.24, 2.45) is 0 Å². The van der Waals surface area contributed by atoms with E-state index in [1.54, 1.807) is 36.2 Å². The first-order valence-corrected chi connectivity index (χ1v) is 14.8. The molecule has 4 aromatic rings. The van der Waals surface area contributed by atoms with Crippen molar-refractivity contribution >= 4 is 43.9 Å². The van der Waals surface area contributed by atoms with E-state index in [1.807, 2.05) is 13.5 Å². The first-order chi connectivity index (χ1) is 18.7. The van der Waals surface area contributed by atoms with E-state index in [-0.39, 0.29) is 35.5 Å². The van der Waals surface area contributed by atoms with Crippen molar-refractivity contribution in [3.63, 3.8) is 0 Å². The lowest BCUT2D eigenvalue weighted by Crippen LogP contribution is -2.37. The largest absolute Gasteiger partial charge is 0.532 e. The van der Waals surface area contributed by atoms with E-state index >= 15 is 0 Å². The molecule has 39 heavy (non-hydrogen) atoms. The van der Waals surface area contributed by atoms with Crippen molar-refractivity contribution in [2.75, 3.05) is 36.1 Å². The molecule has 4 heterocycles. The number of hydrogen-bond acceptors (Lipinski definition) is 8. The zero-order valence-corrected chi connectivity index (χ0v) is 22.8. The average Bonchev–Trinajstić information content (AvgIpc) is 3.36. The molecule has 3 aromatic heterocycles. The van der Waals surface area contributed by atoms with Crippen LogP contribution in [0.1, 0.15) is 22.8 Å². The molecule has 0 aliphatic carbocycles. The Morgan fingerprint density at radius 2 is 2.05 bits per heavy atom. The highest BCUT2D eigenvalue weighted by atomic mass is 28.3. The Hall–Kier alpha value is -4.72. The first kappa shape index (κ1) is 25.9. The molecule has 0 fully saturated rings. The van der Waals surface area contributed by atoms with E-state index in [2.05, 4.69) is 26.0 Å². The van der Waals surface area contributed by atoms with Gasteiger partial charge in [0.2, 0.25) is 5.88 Å². The molecule has 0 spiro atoms. The standard InChI is InChI=1S/C25H28FN9O3Si/c1-4-34(2)25(37)32-17-7-5-14(6-8-17)19-20(27)35-22-18(12-31-35)23(36)30-13-39(3)38-24-15(9-16(26)11-29-24)10-28-21(19)33-22/h5-9,11-12,39H,4,10,13,27H2,1-3H3,(H,28,33)(H,30,36)(H,32,37)/t39-/m0/s1. The topological polar surface area (TPSA) is 152 Å². The second-order valence-electron chi connectivity index (χ2n) is 9.15. The van der Waals surface area contributed by atoms with E-state index in [0.717, 1.165) is 6.20 Å². The van der Waals surface area contributed by atoms with Crippen LogP contribution in [0.2, 0.25) is 6.55 Å². The fourth-order valence-corrected chi connectivity index (χ4v) is 5.26. The van der Waals surface area contributed by atoms with Crippen LogP contribution in [-0.4, -0.2) is 65.2 Å². The van der Waals surface area contributed by atoms with E-state index in [9.17, 15) is 14.0 Å². The highest BCUT2D eigenvalue weighted by Crippen LogP contribution is 2.35. The van der Waals surface area contributed by atoms with Gasteiger partial charge in [-0.25, -0.2) is 19.2 Å². The Labute approximate surface area is 225 Å². The predicted octanol–water partition coefficient (Wildman–Crippen LogP) is 2.62. The number of nitrogens with one attached hydrogen (secondary N) is 3. The van der Waals surface area contributed by atoms with Gasteiger partial charge in [0.05, 0.1) is 18.0 Å². The third-order valence-electron chi connectivity index (χ3n) is 6.37. The number of carbonyl (C=O) groups is 2. The molecule has 0 unspecified atom stereocenters. The van der Waals surface area contributed by atoms with Crippen molar-refractivity contribution in [3.8, 4) is 17.0 Å². The number of hydrogen-bond donors (Lipinski definition) is 4. The lowest BCUT2D eigenvalue weighted by molar-refractivity contribution is 0.0960. The van der Waals surface area contributed by atoms with E-state index < -0.39 is 14.9 Å². The van der Waals surface area contributed by atoms with Gasteiger partial charge in [0.15, 0.2) is 5.65 Å². The third-order valence-corrected chi connectivity index (χ3v) is 7.78. The number of benzene rings is 1. The number of fused-ring (bicyclic) bond motifs is 2. The number of nitrogens with two attached hydrogens (primary N) is 1. The van der Waals surface area contributed by atoms with Crippen LogP contribution in [0.3, 0.4) is 0 Å². The third kappa shape index (κ3) is 5.18. The van der Waals surface area contributed by atoms with Gasteiger partial charge in [-0.05, 0) is 37.2 Å². The van der Waals surface area contributed by atoms with E-state index in [4.69, 9.17) is 15.1 Å². The SMILES string of the molecule is CCN(C)C(=O)Nc1ccc(-c2c3nc4c(cnn4c2N)C(=O)NC[Si@H](C)Oc2ncc(F)cc2CN3)cc1. The van der Waals surface area contributed by atoms with Crippen LogP contribution < -0.4 is 26.1 Å². The van der Waals surface area contributed by atoms with E-state index in [1.165, 1.54) is 16.8 Å². The number of halogens is 1. The second kappa shape index (κ2) is 10.6. The minimum Gasteiger partial charge on any atom is -0.532 e. The normalized spacial score (nSPS) is 15.2. The van der Waals surface area contributed by atoms with Gasteiger partial charge in [-0.15, -0.1) is 0 Å². The summed E-state index contributed by atoms with van der Waals surface area (Å²) in [7, 11) is -0.237. The van der Waals surface area contributed by atoms with Gasteiger partial charge in [-0.2, -0.15) is 9.61 Å². The van der Waals surface area contributed by atoms with Gasteiger partial charge < -0.3 is 31.0 Å². The number of aromatic nitrogens is 4. The maximum Gasteiger partial charge on any atom is 0.321 e. The van der Waals surface area contributed by atoms with Crippen LogP contribution in [0.15, 0.2) is 42.7 Å². The summed E-state index contributed by atoms with van der Waals surface area (Å²) in [5.41, 5.74) is 9.44. The summed E-state index contributed by atoms with van der Waals surface area (Å²) < 4.78 is 21.6. The number of rotatable bonds is 3. The quantitative estimate of drug-likeness (QED) is 0.285. The summed E-state index contributed by atoms with van der Waals surface area (Å²) in [5.74, 6) is 0.0421. The molecule has 14 heteroatoms. The van der Waals surface area contributed by atoms with Gasteiger partial charge >= 0.3 is 6.03 Å². The fourth-order valence-electron chi connectivity index (χ4n) is 4.11. The molecule has 5 N–H and O–H groups in total. The molecule has 0 radical (unpaired) electrons. The maximum atomic E-state index is 14.1. The number of pyridine rings is 1. The van der Waals surface area contributed by atoms with Gasteiger partial charge in [-0.3, -0.25) is 4.79 Å². The molecule has 3 amide bonds. The molecule has 1 aliphatic rings. The van der Waals surface area contributed by atoms with Crippen LogP contribution in [0.4, 0.5) is 26.5 Å². The number of urea groups is 1. The Morgan fingerprint density at radius 1 is 1.28 bits per heavy atom. The van der Waals surface area contributed by atoms with Gasteiger partial charge in [-0.1, -0.05) is 12.1 Å². The number of anilines is 3. The molecular formula is C25H28FN9O3Si. The monoisotopic (exact) mass is 549 g/mol. The number of nitrogens with zero attached hydrogens (tertiary/aromatic N) is 5. The number of carbonyl (C=O) groups excluding carboxylic acids is 2. The van der Waals surface area contributed by atoms with Gasteiger partial charge in [0, 0.05) is 37.6 Å². The molecular weight excluding hydrogens is 521 g/mol. The van der Waals surface area contributed by atoms with Crippen molar-refractivity contribution in [2.45, 2.75) is 20.0 Å². The maximum absolute atomic E-state index is 14.1.